The molecule has 1 amide bonds. The summed E-state index contributed by atoms with van der Waals surface area (Å²) in [4.78, 5) is 11.8. The van der Waals surface area contributed by atoms with Crippen molar-refractivity contribution >= 4 is 12.1 Å². The fourth-order valence-electron chi connectivity index (χ4n) is 1.75. The highest BCUT2D eigenvalue weighted by Crippen LogP contribution is 2.22. The molecular formula is C16H16N2O3. The van der Waals surface area contributed by atoms with E-state index in [2.05, 4.69) is 10.5 Å². The summed E-state index contributed by atoms with van der Waals surface area (Å²) in [6.07, 6.45) is 1.52. The highest BCUT2D eigenvalue weighted by molar-refractivity contribution is 5.95. The van der Waals surface area contributed by atoms with E-state index in [4.69, 9.17) is 9.47 Å². The summed E-state index contributed by atoms with van der Waals surface area (Å²) in [5.74, 6) is 1.06. The van der Waals surface area contributed by atoms with E-state index in [1.807, 2.05) is 6.07 Å². The lowest BCUT2D eigenvalue weighted by atomic mass is 10.2. The number of nitrogens with one attached hydrogen (secondary N) is 1. The first-order chi connectivity index (χ1) is 10.2. The van der Waals surface area contributed by atoms with Gasteiger partial charge in [-0.25, -0.2) is 5.43 Å². The van der Waals surface area contributed by atoms with Gasteiger partial charge >= 0.3 is 0 Å². The molecule has 0 saturated carbocycles. The number of hydrogen-bond acceptors (Lipinski definition) is 4. The summed E-state index contributed by atoms with van der Waals surface area (Å²) >= 11 is 0. The summed E-state index contributed by atoms with van der Waals surface area (Å²) in [6.45, 7) is 0. The predicted octanol–water partition coefficient (Wildman–Crippen LogP) is 2.47. The van der Waals surface area contributed by atoms with Crippen LogP contribution in [0.25, 0.3) is 0 Å². The van der Waals surface area contributed by atoms with Gasteiger partial charge in [0.15, 0.2) is 0 Å². The van der Waals surface area contributed by atoms with Crippen molar-refractivity contribution in [3.8, 4) is 11.5 Å². The first-order valence-corrected chi connectivity index (χ1v) is 6.35. The molecule has 0 fully saturated rings. The summed E-state index contributed by atoms with van der Waals surface area (Å²) in [6, 6.07) is 14.2. The van der Waals surface area contributed by atoms with E-state index in [1.54, 1.807) is 56.7 Å². The second kappa shape index (κ2) is 7.09. The maximum absolute atomic E-state index is 11.8. The normalized spacial score (nSPS) is 10.4. The van der Waals surface area contributed by atoms with Crippen molar-refractivity contribution in [2.24, 2.45) is 5.10 Å². The summed E-state index contributed by atoms with van der Waals surface area (Å²) < 4.78 is 10.4. The van der Waals surface area contributed by atoms with E-state index in [0.29, 0.717) is 22.6 Å². The Labute approximate surface area is 123 Å². The number of hydrazone groups is 1. The largest absolute Gasteiger partial charge is 0.497 e. The van der Waals surface area contributed by atoms with Gasteiger partial charge in [0.1, 0.15) is 11.5 Å². The fourth-order valence-corrected chi connectivity index (χ4v) is 1.75. The van der Waals surface area contributed by atoms with Crippen LogP contribution in [0.1, 0.15) is 15.9 Å². The van der Waals surface area contributed by atoms with E-state index in [0.717, 1.165) is 0 Å². The molecule has 2 rings (SSSR count). The average molecular weight is 284 g/mol. The molecule has 2 aromatic carbocycles. The quantitative estimate of drug-likeness (QED) is 0.677. The molecule has 0 aromatic heterocycles. The van der Waals surface area contributed by atoms with Gasteiger partial charge in [-0.15, -0.1) is 0 Å². The molecule has 0 aliphatic rings. The van der Waals surface area contributed by atoms with E-state index < -0.39 is 0 Å². The molecule has 0 aliphatic heterocycles. The van der Waals surface area contributed by atoms with Gasteiger partial charge in [0.25, 0.3) is 5.91 Å². The zero-order valence-corrected chi connectivity index (χ0v) is 11.9. The van der Waals surface area contributed by atoms with Gasteiger partial charge in [0.2, 0.25) is 0 Å². The molecule has 21 heavy (non-hydrogen) atoms. The SMILES string of the molecule is COc1ccc(OC)c(C=NNC(=O)c2ccccc2)c1. The molecule has 0 radical (unpaired) electrons. The van der Waals surface area contributed by atoms with Crippen LogP contribution >= 0.6 is 0 Å². The highest BCUT2D eigenvalue weighted by Gasteiger charge is 2.04. The smallest absolute Gasteiger partial charge is 0.271 e. The van der Waals surface area contributed by atoms with Crippen molar-refractivity contribution < 1.29 is 14.3 Å². The Hall–Kier alpha value is -2.82. The van der Waals surface area contributed by atoms with Crippen LogP contribution in [0.3, 0.4) is 0 Å². The van der Waals surface area contributed by atoms with Crippen LogP contribution in [0.2, 0.25) is 0 Å². The lowest BCUT2D eigenvalue weighted by Gasteiger charge is -2.06. The number of rotatable bonds is 5. The van der Waals surface area contributed by atoms with Gasteiger partial charge in [-0.2, -0.15) is 5.10 Å². The van der Waals surface area contributed by atoms with Crippen LogP contribution in [0.15, 0.2) is 53.6 Å². The first kappa shape index (κ1) is 14.6. The number of methoxy groups -OCH3 is 2. The van der Waals surface area contributed by atoms with Gasteiger partial charge in [0, 0.05) is 11.1 Å². The monoisotopic (exact) mass is 284 g/mol. The Kier molecular flexibility index (Phi) is 4.93. The van der Waals surface area contributed by atoms with E-state index in [1.165, 1.54) is 6.21 Å². The predicted molar refractivity (Wildman–Crippen MR) is 81.0 cm³/mol. The van der Waals surface area contributed by atoms with E-state index >= 15 is 0 Å². The Balaban J connectivity index is 2.09. The van der Waals surface area contributed by atoms with Crippen LogP contribution in [0.4, 0.5) is 0 Å². The molecule has 2 aromatic rings. The third-order valence-electron chi connectivity index (χ3n) is 2.84. The zero-order valence-electron chi connectivity index (χ0n) is 11.9. The van der Waals surface area contributed by atoms with Crippen LogP contribution in [-0.4, -0.2) is 26.3 Å². The first-order valence-electron chi connectivity index (χ1n) is 6.35. The van der Waals surface area contributed by atoms with Crippen LogP contribution in [-0.2, 0) is 0 Å². The third kappa shape index (κ3) is 3.82. The van der Waals surface area contributed by atoms with Gasteiger partial charge in [-0.1, -0.05) is 18.2 Å². The van der Waals surface area contributed by atoms with Gasteiger partial charge in [-0.3, -0.25) is 4.79 Å². The molecule has 0 unspecified atom stereocenters. The average Bonchev–Trinajstić information content (AvgIpc) is 2.55. The number of hydrogen-bond donors (Lipinski definition) is 1. The van der Waals surface area contributed by atoms with Crippen LogP contribution < -0.4 is 14.9 Å². The molecule has 0 atom stereocenters. The summed E-state index contributed by atoms with van der Waals surface area (Å²) in [5, 5.41) is 3.94. The molecule has 108 valence electrons. The Bertz CT molecular complexity index is 639. The standard InChI is InChI=1S/C16H16N2O3/c1-20-14-8-9-15(21-2)13(10-14)11-17-18-16(19)12-6-4-3-5-7-12/h3-11H,1-2H3,(H,18,19). The minimum atomic E-state index is -0.270. The molecular weight excluding hydrogens is 268 g/mol. The lowest BCUT2D eigenvalue weighted by molar-refractivity contribution is 0.0955. The molecule has 0 heterocycles. The maximum Gasteiger partial charge on any atom is 0.271 e. The third-order valence-corrected chi connectivity index (χ3v) is 2.84. The molecule has 1 N–H and O–H groups in total. The second-order valence-corrected chi connectivity index (χ2v) is 4.17. The van der Waals surface area contributed by atoms with Crippen molar-refractivity contribution in [2.45, 2.75) is 0 Å². The zero-order chi connectivity index (χ0) is 15.1. The minimum absolute atomic E-state index is 0.270. The van der Waals surface area contributed by atoms with Crippen molar-refractivity contribution in [1.82, 2.24) is 5.43 Å². The van der Waals surface area contributed by atoms with Crippen molar-refractivity contribution in [3.05, 3.63) is 59.7 Å². The van der Waals surface area contributed by atoms with Crippen LogP contribution in [0.5, 0.6) is 11.5 Å². The van der Waals surface area contributed by atoms with Gasteiger partial charge in [-0.05, 0) is 30.3 Å². The molecule has 0 bridgehead atoms. The molecule has 0 aliphatic carbocycles. The lowest BCUT2D eigenvalue weighted by Crippen LogP contribution is -2.17. The number of nitrogens with zero attached hydrogens (tertiary/aromatic N) is 1. The van der Waals surface area contributed by atoms with Crippen molar-refractivity contribution in [1.29, 1.82) is 0 Å². The van der Waals surface area contributed by atoms with E-state index in [-0.39, 0.29) is 5.91 Å². The molecule has 0 saturated heterocycles. The minimum Gasteiger partial charge on any atom is -0.497 e. The Morgan fingerprint density at radius 1 is 1.10 bits per heavy atom. The molecule has 5 heteroatoms. The van der Waals surface area contributed by atoms with Crippen LogP contribution in [0, 0.1) is 0 Å². The summed E-state index contributed by atoms with van der Waals surface area (Å²) in [7, 11) is 3.15. The highest BCUT2D eigenvalue weighted by atomic mass is 16.5. The number of ether oxygens (including phenoxy) is 2. The maximum atomic E-state index is 11.8. The summed E-state index contributed by atoms with van der Waals surface area (Å²) in [5.41, 5.74) is 3.73. The fraction of sp³-hybridized carbons (Fsp3) is 0.125. The number of amides is 1. The van der Waals surface area contributed by atoms with Gasteiger partial charge in [0.05, 0.1) is 20.4 Å². The van der Waals surface area contributed by atoms with Crippen molar-refractivity contribution in [2.75, 3.05) is 14.2 Å². The Morgan fingerprint density at radius 3 is 2.52 bits per heavy atom. The molecule has 5 nitrogen and oxygen atoms in total. The second-order valence-electron chi connectivity index (χ2n) is 4.17. The topological polar surface area (TPSA) is 59.9 Å². The number of carbonyl (C=O) groups is 1. The van der Waals surface area contributed by atoms with E-state index in [9.17, 15) is 4.79 Å². The molecule has 0 spiro atoms. The Morgan fingerprint density at radius 2 is 1.86 bits per heavy atom. The van der Waals surface area contributed by atoms with Crippen molar-refractivity contribution in [3.63, 3.8) is 0 Å². The number of carbonyl (C=O) groups excluding carboxylic acids is 1. The van der Waals surface area contributed by atoms with Gasteiger partial charge < -0.3 is 9.47 Å². The number of benzene rings is 2.